The number of aromatic nitrogens is 3. The summed E-state index contributed by atoms with van der Waals surface area (Å²) in [6.07, 6.45) is -4.68. The second-order valence-corrected chi connectivity index (χ2v) is 7.87. The van der Waals surface area contributed by atoms with Crippen LogP contribution in [0.2, 0.25) is 5.02 Å². The molecule has 0 saturated heterocycles. The van der Waals surface area contributed by atoms with E-state index in [-0.39, 0.29) is 22.6 Å². The predicted molar refractivity (Wildman–Crippen MR) is 100 cm³/mol. The van der Waals surface area contributed by atoms with Crippen LogP contribution in [0.25, 0.3) is 16.9 Å². The van der Waals surface area contributed by atoms with E-state index in [0.717, 1.165) is 6.07 Å². The highest BCUT2D eigenvalue weighted by Gasteiger charge is 2.36. The van der Waals surface area contributed by atoms with Gasteiger partial charge in [0, 0.05) is 16.1 Å². The van der Waals surface area contributed by atoms with Crippen molar-refractivity contribution in [3.05, 3.63) is 52.3 Å². The van der Waals surface area contributed by atoms with Crippen molar-refractivity contribution < 1.29 is 18.0 Å². The van der Waals surface area contributed by atoms with Gasteiger partial charge in [0.15, 0.2) is 11.3 Å². The zero-order valence-corrected chi connectivity index (χ0v) is 16.4. The maximum Gasteiger partial charge on any atom is 0.433 e. The SMILES string of the molecule is Cc1nn2c(C(F)(F)F)cc(-c3ccc(Cl)cc3)nc2c1C(=O)NC(C)(C)C. The molecule has 1 amide bonds. The van der Waals surface area contributed by atoms with Gasteiger partial charge in [-0.05, 0) is 45.9 Å². The Bertz CT molecular complexity index is 1050. The van der Waals surface area contributed by atoms with E-state index in [9.17, 15) is 18.0 Å². The van der Waals surface area contributed by atoms with Crippen LogP contribution in [0.4, 0.5) is 13.2 Å². The topological polar surface area (TPSA) is 59.3 Å². The van der Waals surface area contributed by atoms with Gasteiger partial charge in [-0.15, -0.1) is 0 Å². The maximum absolute atomic E-state index is 13.7. The van der Waals surface area contributed by atoms with Crippen molar-refractivity contribution in [2.24, 2.45) is 0 Å². The van der Waals surface area contributed by atoms with Gasteiger partial charge in [0.2, 0.25) is 0 Å². The van der Waals surface area contributed by atoms with E-state index in [2.05, 4.69) is 15.4 Å². The number of nitrogens with one attached hydrogen (secondary N) is 1. The van der Waals surface area contributed by atoms with Crippen molar-refractivity contribution in [2.75, 3.05) is 0 Å². The number of hydrogen-bond donors (Lipinski definition) is 1. The second kappa shape index (κ2) is 6.77. The Balaban J connectivity index is 2.29. The second-order valence-electron chi connectivity index (χ2n) is 7.43. The smallest absolute Gasteiger partial charge is 0.347 e. The molecule has 148 valence electrons. The summed E-state index contributed by atoms with van der Waals surface area (Å²) in [5.41, 5.74) is -1.05. The molecule has 3 rings (SSSR count). The van der Waals surface area contributed by atoms with Gasteiger partial charge in [-0.3, -0.25) is 4.79 Å². The lowest BCUT2D eigenvalue weighted by molar-refractivity contribution is -0.142. The van der Waals surface area contributed by atoms with Crippen molar-refractivity contribution >= 4 is 23.2 Å². The van der Waals surface area contributed by atoms with Gasteiger partial charge in [0.25, 0.3) is 5.91 Å². The van der Waals surface area contributed by atoms with Gasteiger partial charge in [-0.2, -0.15) is 18.3 Å². The van der Waals surface area contributed by atoms with E-state index in [1.807, 2.05) is 0 Å². The summed E-state index contributed by atoms with van der Waals surface area (Å²) in [5.74, 6) is -0.533. The molecule has 0 bridgehead atoms. The lowest BCUT2D eigenvalue weighted by Crippen LogP contribution is -2.40. The molecule has 0 saturated carbocycles. The first kappa shape index (κ1) is 20.1. The first-order chi connectivity index (χ1) is 12.9. The Morgan fingerprint density at radius 2 is 1.75 bits per heavy atom. The quantitative estimate of drug-likeness (QED) is 0.653. The molecule has 5 nitrogen and oxygen atoms in total. The van der Waals surface area contributed by atoms with Crippen LogP contribution in [-0.4, -0.2) is 26.0 Å². The molecule has 0 aliphatic carbocycles. The number of amides is 1. The molecule has 28 heavy (non-hydrogen) atoms. The van der Waals surface area contributed by atoms with Crippen molar-refractivity contribution in [1.82, 2.24) is 19.9 Å². The minimum absolute atomic E-state index is 0.0104. The van der Waals surface area contributed by atoms with Gasteiger partial charge in [-0.1, -0.05) is 23.7 Å². The Morgan fingerprint density at radius 1 is 1.14 bits per heavy atom. The molecule has 0 aliphatic heterocycles. The van der Waals surface area contributed by atoms with Crippen LogP contribution in [0, 0.1) is 6.92 Å². The van der Waals surface area contributed by atoms with Crippen LogP contribution in [0.1, 0.15) is 42.5 Å². The van der Waals surface area contributed by atoms with E-state index in [0.29, 0.717) is 15.1 Å². The monoisotopic (exact) mass is 410 g/mol. The Morgan fingerprint density at radius 3 is 2.29 bits per heavy atom. The summed E-state index contributed by atoms with van der Waals surface area (Å²) < 4.78 is 41.7. The van der Waals surface area contributed by atoms with Gasteiger partial charge < -0.3 is 5.32 Å². The molecular formula is C19H18ClF3N4O. The van der Waals surface area contributed by atoms with Crippen LogP contribution >= 0.6 is 11.6 Å². The Hall–Kier alpha value is -2.61. The summed E-state index contributed by atoms with van der Waals surface area (Å²) in [7, 11) is 0. The van der Waals surface area contributed by atoms with Crippen LogP contribution in [0.5, 0.6) is 0 Å². The van der Waals surface area contributed by atoms with Crippen molar-refractivity contribution in [2.45, 2.75) is 39.4 Å². The minimum Gasteiger partial charge on any atom is -0.347 e. The number of alkyl halides is 3. The summed E-state index contributed by atoms with van der Waals surface area (Å²) in [4.78, 5) is 17.0. The molecule has 2 heterocycles. The number of benzene rings is 1. The molecule has 3 aromatic rings. The van der Waals surface area contributed by atoms with Crippen molar-refractivity contribution in [3.63, 3.8) is 0 Å². The van der Waals surface area contributed by atoms with E-state index >= 15 is 0 Å². The van der Waals surface area contributed by atoms with Gasteiger partial charge in [-0.25, -0.2) is 9.50 Å². The van der Waals surface area contributed by atoms with E-state index in [1.54, 1.807) is 45.0 Å². The zero-order valence-electron chi connectivity index (χ0n) is 15.6. The highest BCUT2D eigenvalue weighted by molar-refractivity contribution is 6.30. The number of hydrogen-bond acceptors (Lipinski definition) is 3. The average Bonchev–Trinajstić information content (AvgIpc) is 2.87. The van der Waals surface area contributed by atoms with Crippen LogP contribution in [0.3, 0.4) is 0 Å². The number of halogens is 4. The molecule has 0 radical (unpaired) electrons. The number of aryl methyl sites for hydroxylation is 1. The first-order valence-electron chi connectivity index (χ1n) is 8.43. The molecule has 1 aromatic carbocycles. The van der Waals surface area contributed by atoms with E-state index < -0.39 is 23.3 Å². The first-order valence-corrected chi connectivity index (χ1v) is 8.80. The third-order valence-electron chi connectivity index (χ3n) is 3.91. The molecule has 0 aliphatic rings. The van der Waals surface area contributed by atoms with E-state index in [1.165, 1.54) is 6.92 Å². The molecule has 0 unspecified atom stereocenters. The summed E-state index contributed by atoms with van der Waals surface area (Å²) in [6, 6.07) is 7.17. The molecule has 1 N–H and O–H groups in total. The lowest BCUT2D eigenvalue weighted by atomic mass is 10.1. The molecule has 0 atom stereocenters. The molecule has 0 spiro atoms. The highest BCUT2D eigenvalue weighted by atomic mass is 35.5. The van der Waals surface area contributed by atoms with Crippen LogP contribution < -0.4 is 5.32 Å². The largest absolute Gasteiger partial charge is 0.433 e. The lowest BCUT2D eigenvalue weighted by Gasteiger charge is -2.20. The third kappa shape index (κ3) is 3.96. The minimum atomic E-state index is -4.68. The normalized spacial score (nSPS) is 12.4. The predicted octanol–water partition coefficient (Wildman–Crippen LogP) is 4.91. The maximum atomic E-state index is 13.7. The standard InChI is InChI=1S/C19H18ClF3N4O/c1-10-15(17(28)25-18(2,3)4)16-24-13(11-5-7-12(20)8-6-11)9-14(19(21,22)23)27(16)26-10/h5-9H,1-4H3,(H,25,28). The number of carbonyl (C=O) groups excluding carboxylic acids is 1. The fourth-order valence-corrected chi connectivity index (χ4v) is 2.89. The highest BCUT2D eigenvalue weighted by Crippen LogP contribution is 2.33. The van der Waals surface area contributed by atoms with Crippen molar-refractivity contribution in [3.8, 4) is 11.3 Å². The third-order valence-corrected chi connectivity index (χ3v) is 4.16. The molecule has 9 heteroatoms. The molecule has 2 aromatic heterocycles. The fourth-order valence-electron chi connectivity index (χ4n) is 2.76. The van der Waals surface area contributed by atoms with Gasteiger partial charge in [0.05, 0.1) is 11.4 Å². The summed E-state index contributed by atoms with van der Waals surface area (Å²) in [5, 5.41) is 7.13. The number of fused-ring (bicyclic) bond motifs is 1. The van der Waals surface area contributed by atoms with Crippen molar-refractivity contribution in [1.29, 1.82) is 0 Å². The summed E-state index contributed by atoms with van der Waals surface area (Å²) >= 11 is 5.86. The van der Waals surface area contributed by atoms with Crippen LogP contribution in [0.15, 0.2) is 30.3 Å². The van der Waals surface area contributed by atoms with E-state index in [4.69, 9.17) is 11.6 Å². The Kier molecular flexibility index (Phi) is 4.87. The van der Waals surface area contributed by atoms with Crippen LogP contribution in [-0.2, 0) is 6.18 Å². The fraction of sp³-hybridized carbons (Fsp3) is 0.316. The number of carbonyl (C=O) groups is 1. The average molecular weight is 411 g/mol. The number of rotatable bonds is 2. The number of nitrogens with zero attached hydrogens (tertiary/aromatic N) is 3. The molecule has 0 fully saturated rings. The zero-order chi connectivity index (χ0) is 20.9. The molecular weight excluding hydrogens is 393 g/mol. The summed E-state index contributed by atoms with van der Waals surface area (Å²) in [6.45, 7) is 6.81. The Labute approximate surface area is 164 Å². The van der Waals surface area contributed by atoms with Gasteiger partial charge in [0.1, 0.15) is 5.56 Å². The van der Waals surface area contributed by atoms with Gasteiger partial charge >= 0.3 is 6.18 Å².